The van der Waals surface area contributed by atoms with Crippen LogP contribution in [0.3, 0.4) is 0 Å². The number of hydrogen-bond donors (Lipinski definition) is 1. The van der Waals surface area contributed by atoms with Crippen LogP contribution in [0.5, 0.6) is 0 Å². The summed E-state index contributed by atoms with van der Waals surface area (Å²) < 4.78 is 0. The number of aromatic nitrogens is 4. The van der Waals surface area contributed by atoms with Crippen molar-refractivity contribution >= 4 is 16.9 Å². The molecular weight excluding hydrogens is 274 g/mol. The molecule has 22 heavy (non-hydrogen) atoms. The SMILES string of the molecule is CCC(Nc1ncnc2ccc(C)nc12)c1ccc(C)cn1. The molecule has 1 unspecified atom stereocenters. The highest BCUT2D eigenvalue weighted by Gasteiger charge is 2.14. The Bertz CT molecular complexity index is 783. The van der Waals surface area contributed by atoms with Gasteiger partial charge in [-0.05, 0) is 44.0 Å². The predicted octanol–water partition coefficient (Wildman–Crippen LogP) is 3.60. The molecule has 0 saturated carbocycles. The van der Waals surface area contributed by atoms with Crippen molar-refractivity contribution in [1.29, 1.82) is 0 Å². The Morgan fingerprint density at radius 1 is 1.05 bits per heavy atom. The smallest absolute Gasteiger partial charge is 0.156 e. The van der Waals surface area contributed by atoms with E-state index >= 15 is 0 Å². The van der Waals surface area contributed by atoms with Crippen molar-refractivity contribution in [3.05, 3.63) is 53.7 Å². The lowest BCUT2D eigenvalue weighted by atomic mass is 10.1. The first-order chi connectivity index (χ1) is 10.7. The molecule has 3 heterocycles. The molecule has 0 fully saturated rings. The van der Waals surface area contributed by atoms with Crippen LogP contribution < -0.4 is 5.32 Å². The molecule has 0 radical (unpaired) electrons. The first kappa shape index (κ1) is 14.4. The van der Waals surface area contributed by atoms with Crippen LogP contribution in [0.4, 0.5) is 5.82 Å². The number of rotatable bonds is 4. The van der Waals surface area contributed by atoms with Crippen molar-refractivity contribution < 1.29 is 0 Å². The Kier molecular flexibility index (Phi) is 3.96. The normalized spacial score (nSPS) is 12.3. The summed E-state index contributed by atoms with van der Waals surface area (Å²) in [6.45, 7) is 6.13. The van der Waals surface area contributed by atoms with Gasteiger partial charge in [-0.2, -0.15) is 0 Å². The fourth-order valence-corrected chi connectivity index (χ4v) is 2.38. The highest BCUT2D eigenvalue weighted by molar-refractivity contribution is 5.84. The number of aryl methyl sites for hydroxylation is 2. The summed E-state index contributed by atoms with van der Waals surface area (Å²) in [7, 11) is 0. The van der Waals surface area contributed by atoms with Crippen LogP contribution in [0.15, 0.2) is 36.8 Å². The van der Waals surface area contributed by atoms with Crippen LogP contribution in [-0.2, 0) is 0 Å². The molecule has 0 aliphatic heterocycles. The maximum Gasteiger partial charge on any atom is 0.156 e. The van der Waals surface area contributed by atoms with Crippen LogP contribution in [0.2, 0.25) is 0 Å². The van der Waals surface area contributed by atoms with E-state index in [1.807, 2.05) is 32.2 Å². The van der Waals surface area contributed by atoms with Gasteiger partial charge in [-0.15, -0.1) is 0 Å². The molecule has 3 aromatic heterocycles. The third-order valence-electron chi connectivity index (χ3n) is 3.63. The zero-order chi connectivity index (χ0) is 15.5. The standard InChI is InChI=1S/C17H19N5/c1-4-13(14-7-5-11(2)9-18-14)22-17-16-15(19-10-20-17)8-6-12(3)21-16/h5-10,13H,4H2,1-3H3,(H,19,20,22). The first-order valence-electron chi connectivity index (χ1n) is 7.45. The summed E-state index contributed by atoms with van der Waals surface area (Å²) in [5.74, 6) is 0.753. The van der Waals surface area contributed by atoms with Crippen LogP contribution in [0.1, 0.15) is 36.3 Å². The van der Waals surface area contributed by atoms with E-state index < -0.39 is 0 Å². The molecule has 0 amide bonds. The van der Waals surface area contributed by atoms with Gasteiger partial charge in [-0.3, -0.25) is 4.98 Å². The van der Waals surface area contributed by atoms with E-state index in [-0.39, 0.29) is 6.04 Å². The summed E-state index contributed by atoms with van der Waals surface area (Å²) in [5.41, 5.74) is 4.76. The summed E-state index contributed by atoms with van der Waals surface area (Å²) in [6, 6.07) is 8.15. The van der Waals surface area contributed by atoms with Gasteiger partial charge in [0.25, 0.3) is 0 Å². The average molecular weight is 293 g/mol. The highest BCUT2D eigenvalue weighted by atomic mass is 15.1. The molecule has 3 aromatic rings. The fourth-order valence-electron chi connectivity index (χ4n) is 2.38. The van der Waals surface area contributed by atoms with Crippen LogP contribution >= 0.6 is 0 Å². The predicted molar refractivity (Wildman–Crippen MR) is 87.7 cm³/mol. The quantitative estimate of drug-likeness (QED) is 0.796. The third-order valence-corrected chi connectivity index (χ3v) is 3.63. The first-order valence-corrected chi connectivity index (χ1v) is 7.45. The lowest BCUT2D eigenvalue weighted by Gasteiger charge is -2.18. The lowest BCUT2D eigenvalue weighted by molar-refractivity contribution is 0.719. The summed E-state index contributed by atoms with van der Waals surface area (Å²) in [5, 5.41) is 3.46. The van der Waals surface area contributed by atoms with Gasteiger partial charge in [0.2, 0.25) is 0 Å². The molecule has 0 aliphatic carbocycles. The van der Waals surface area contributed by atoms with Gasteiger partial charge in [0.15, 0.2) is 5.82 Å². The summed E-state index contributed by atoms with van der Waals surface area (Å²) in [4.78, 5) is 17.7. The fraction of sp³-hybridized carbons (Fsp3) is 0.294. The second-order valence-electron chi connectivity index (χ2n) is 5.41. The minimum absolute atomic E-state index is 0.0982. The number of hydrogen-bond acceptors (Lipinski definition) is 5. The second-order valence-corrected chi connectivity index (χ2v) is 5.41. The zero-order valence-electron chi connectivity index (χ0n) is 13.0. The van der Waals surface area contributed by atoms with Crippen molar-refractivity contribution in [2.45, 2.75) is 33.2 Å². The Morgan fingerprint density at radius 3 is 2.64 bits per heavy atom. The maximum absolute atomic E-state index is 4.56. The molecule has 112 valence electrons. The molecule has 1 N–H and O–H groups in total. The average Bonchev–Trinajstić information content (AvgIpc) is 2.54. The van der Waals surface area contributed by atoms with Crippen molar-refractivity contribution in [3.63, 3.8) is 0 Å². The monoisotopic (exact) mass is 293 g/mol. The molecule has 3 rings (SSSR count). The molecule has 5 nitrogen and oxygen atoms in total. The Balaban J connectivity index is 1.97. The topological polar surface area (TPSA) is 63.6 Å². The number of nitrogens with one attached hydrogen (secondary N) is 1. The lowest BCUT2D eigenvalue weighted by Crippen LogP contribution is -2.13. The number of pyridine rings is 2. The van der Waals surface area contributed by atoms with Gasteiger partial charge in [0.05, 0.1) is 17.3 Å². The Labute approximate surface area is 129 Å². The van der Waals surface area contributed by atoms with Crippen LogP contribution in [-0.4, -0.2) is 19.9 Å². The van der Waals surface area contributed by atoms with Crippen molar-refractivity contribution in [1.82, 2.24) is 19.9 Å². The number of fused-ring (bicyclic) bond motifs is 1. The van der Waals surface area contributed by atoms with E-state index in [0.717, 1.165) is 40.2 Å². The highest BCUT2D eigenvalue weighted by Crippen LogP contribution is 2.24. The summed E-state index contributed by atoms with van der Waals surface area (Å²) in [6.07, 6.45) is 4.37. The van der Waals surface area contributed by atoms with E-state index in [1.54, 1.807) is 6.33 Å². The number of anilines is 1. The number of nitrogens with zero attached hydrogens (tertiary/aromatic N) is 4. The maximum atomic E-state index is 4.56. The third kappa shape index (κ3) is 2.88. The van der Waals surface area contributed by atoms with Crippen molar-refractivity contribution in [3.8, 4) is 0 Å². The molecule has 0 bridgehead atoms. The van der Waals surface area contributed by atoms with Crippen LogP contribution in [0, 0.1) is 13.8 Å². The summed E-state index contributed by atoms with van der Waals surface area (Å²) >= 11 is 0. The minimum Gasteiger partial charge on any atom is -0.360 e. The van der Waals surface area contributed by atoms with Gasteiger partial charge < -0.3 is 5.32 Å². The van der Waals surface area contributed by atoms with E-state index in [2.05, 4.69) is 44.3 Å². The van der Waals surface area contributed by atoms with Crippen molar-refractivity contribution in [2.24, 2.45) is 0 Å². The van der Waals surface area contributed by atoms with Gasteiger partial charge in [-0.1, -0.05) is 13.0 Å². The molecule has 0 spiro atoms. The molecule has 5 heteroatoms. The van der Waals surface area contributed by atoms with Crippen molar-refractivity contribution in [2.75, 3.05) is 5.32 Å². The van der Waals surface area contributed by atoms with Gasteiger partial charge in [0.1, 0.15) is 11.8 Å². The second kappa shape index (κ2) is 6.05. The minimum atomic E-state index is 0.0982. The van der Waals surface area contributed by atoms with Gasteiger partial charge in [-0.25, -0.2) is 15.0 Å². The Hall–Kier alpha value is -2.56. The van der Waals surface area contributed by atoms with Crippen LogP contribution in [0.25, 0.3) is 11.0 Å². The van der Waals surface area contributed by atoms with E-state index in [9.17, 15) is 0 Å². The zero-order valence-corrected chi connectivity index (χ0v) is 13.0. The van der Waals surface area contributed by atoms with E-state index in [0.29, 0.717) is 0 Å². The molecule has 0 aliphatic rings. The molecular formula is C17H19N5. The van der Waals surface area contributed by atoms with Gasteiger partial charge in [0, 0.05) is 11.9 Å². The van der Waals surface area contributed by atoms with E-state index in [4.69, 9.17) is 0 Å². The molecule has 1 atom stereocenters. The Morgan fingerprint density at radius 2 is 1.91 bits per heavy atom. The largest absolute Gasteiger partial charge is 0.360 e. The molecule has 0 aromatic carbocycles. The molecule has 0 saturated heterocycles. The van der Waals surface area contributed by atoms with E-state index in [1.165, 1.54) is 0 Å². The van der Waals surface area contributed by atoms with Gasteiger partial charge >= 0.3 is 0 Å².